The van der Waals surface area contributed by atoms with Crippen molar-refractivity contribution in [2.75, 3.05) is 19.7 Å². The fourth-order valence-electron chi connectivity index (χ4n) is 3.75. The van der Waals surface area contributed by atoms with E-state index in [4.69, 9.17) is 9.72 Å². The number of likely N-dealkylation sites (tertiary alicyclic amines) is 1. The quantitative estimate of drug-likeness (QED) is 0.858. The van der Waals surface area contributed by atoms with Gasteiger partial charge in [0.05, 0.1) is 0 Å². The highest BCUT2D eigenvalue weighted by atomic mass is 16.5. The molecule has 1 saturated heterocycles. The van der Waals surface area contributed by atoms with Gasteiger partial charge in [0.25, 0.3) is 5.91 Å². The number of piperidine rings is 1. The van der Waals surface area contributed by atoms with Gasteiger partial charge in [-0.3, -0.25) is 4.79 Å². The van der Waals surface area contributed by atoms with Gasteiger partial charge in [-0.1, -0.05) is 0 Å². The molecule has 0 unspecified atom stereocenters. The van der Waals surface area contributed by atoms with Crippen molar-refractivity contribution in [1.29, 1.82) is 0 Å². The maximum absolute atomic E-state index is 12.5. The van der Waals surface area contributed by atoms with Crippen molar-refractivity contribution in [3.8, 4) is 0 Å². The summed E-state index contributed by atoms with van der Waals surface area (Å²) in [6.45, 7) is 7.09. The minimum absolute atomic E-state index is 0.122. The first-order chi connectivity index (χ1) is 10.7. The maximum atomic E-state index is 12.5. The molecule has 1 aromatic rings. The first-order valence-electron chi connectivity index (χ1n) is 8.65. The lowest BCUT2D eigenvalue weighted by Gasteiger charge is -2.34. The van der Waals surface area contributed by atoms with Crippen molar-refractivity contribution >= 4 is 5.91 Å². The molecule has 0 aromatic carbocycles. The van der Waals surface area contributed by atoms with Crippen LogP contribution in [0.5, 0.6) is 0 Å². The summed E-state index contributed by atoms with van der Waals surface area (Å²) >= 11 is 0. The SMILES string of the molecule is CCO[C@H](C)C(=O)N1CCC[C@@H](c2ncc3n2CCCC3)C1. The lowest BCUT2D eigenvalue weighted by molar-refractivity contribution is -0.143. The number of aryl methyl sites for hydroxylation is 1. The normalized spacial score (nSPS) is 23.2. The van der Waals surface area contributed by atoms with Crippen LogP contribution in [0.4, 0.5) is 0 Å². The summed E-state index contributed by atoms with van der Waals surface area (Å²) in [6.07, 6.45) is 7.54. The largest absolute Gasteiger partial charge is 0.369 e. The summed E-state index contributed by atoms with van der Waals surface area (Å²) in [5.41, 5.74) is 1.37. The fraction of sp³-hybridized carbons (Fsp3) is 0.765. The number of ether oxygens (including phenoxy) is 1. The van der Waals surface area contributed by atoms with Crippen LogP contribution in [-0.4, -0.2) is 46.2 Å². The number of hydrogen-bond donors (Lipinski definition) is 0. The summed E-state index contributed by atoms with van der Waals surface area (Å²) in [5.74, 6) is 1.69. The highest BCUT2D eigenvalue weighted by molar-refractivity contribution is 5.80. The smallest absolute Gasteiger partial charge is 0.251 e. The lowest BCUT2D eigenvalue weighted by atomic mass is 9.96. The standard InChI is InChI=1S/C17H27N3O2/c1-3-22-13(2)17(21)19-9-6-7-14(12-19)16-18-11-15-8-4-5-10-20(15)16/h11,13-14H,3-10,12H2,1-2H3/t13-,14-/m1/s1. The van der Waals surface area contributed by atoms with Crippen molar-refractivity contribution in [3.05, 3.63) is 17.7 Å². The van der Waals surface area contributed by atoms with E-state index in [1.54, 1.807) is 0 Å². The molecule has 0 radical (unpaired) electrons. The predicted molar refractivity (Wildman–Crippen MR) is 84.8 cm³/mol. The average Bonchev–Trinajstić information content (AvgIpc) is 2.98. The van der Waals surface area contributed by atoms with E-state index in [2.05, 4.69) is 4.57 Å². The molecule has 0 bridgehead atoms. The van der Waals surface area contributed by atoms with E-state index in [1.807, 2.05) is 24.9 Å². The van der Waals surface area contributed by atoms with Crippen molar-refractivity contribution in [3.63, 3.8) is 0 Å². The zero-order valence-corrected chi connectivity index (χ0v) is 13.8. The number of rotatable bonds is 4. The molecule has 5 heteroatoms. The molecule has 0 N–H and O–H groups in total. The van der Waals surface area contributed by atoms with E-state index in [9.17, 15) is 4.79 Å². The van der Waals surface area contributed by atoms with E-state index >= 15 is 0 Å². The number of amides is 1. The average molecular weight is 305 g/mol. The number of aromatic nitrogens is 2. The number of carbonyl (C=O) groups excluding carboxylic acids is 1. The number of hydrogen-bond acceptors (Lipinski definition) is 3. The number of carbonyl (C=O) groups is 1. The van der Waals surface area contributed by atoms with E-state index in [-0.39, 0.29) is 12.0 Å². The van der Waals surface area contributed by atoms with Gasteiger partial charge in [0.15, 0.2) is 0 Å². The highest BCUT2D eigenvalue weighted by Gasteiger charge is 2.30. The van der Waals surface area contributed by atoms with E-state index in [0.717, 1.165) is 38.9 Å². The Kier molecular flexibility index (Phi) is 4.81. The number of fused-ring (bicyclic) bond motifs is 1. The van der Waals surface area contributed by atoms with Gasteiger partial charge in [0, 0.05) is 44.0 Å². The van der Waals surface area contributed by atoms with E-state index in [1.165, 1.54) is 24.4 Å². The first-order valence-corrected chi connectivity index (χ1v) is 8.65. The van der Waals surface area contributed by atoms with E-state index < -0.39 is 0 Å². The molecular formula is C17H27N3O2. The van der Waals surface area contributed by atoms with Gasteiger partial charge in [-0.2, -0.15) is 0 Å². The number of imidazole rings is 1. The molecule has 0 saturated carbocycles. The van der Waals surface area contributed by atoms with Crippen LogP contribution in [0.2, 0.25) is 0 Å². The summed E-state index contributed by atoms with van der Waals surface area (Å²) in [5, 5.41) is 0. The second-order valence-corrected chi connectivity index (χ2v) is 6.44. The Labute approximate surface area is 132 Å². The molecular weight excluding hydrogens is 278 g/mol. The Morgan fingerprint density at radius 3 is 3.09 bits per heavy atom. The predicted octanol–water partition coefficient (Wildman–Crippen LogP) is 2.35. The monoisotopic (exact) mass is 305 g/mol. The second-order valence-electron chi connectivity index (χ2n) is 6.44. The molecule has 2 aliphatic heterocycles. The van der Waals surface area contributed by atoms with Crippen LogP contribution >= 0.6 is 0 Å². The summed E-state index contributed by atoms with van der Waals surface area (Å²) in [7, 11) is 0. The molecule has 3 heterocycles. The van der Waals surface area contributed by atoms with Crippen molar-refractivity contribution in [1.82, 2.24) is 14.5 Å². The Bertz CT molecular complexity index is 526. The van der Waals surface area contributed by atoms with Crippen LogP contribution in [0.15, 0.2) is 6.20 Å². The molecule has 1 amide bonds. The number of nitrogens with zero attached hydrogens (tertiary/aromatic N) is 3. The van der Waals surface area contributed by atoms with Crippen LogP contribution in [0.3, 0.4) is 0 Å². The summed E-state index contributed by atoms with van der Waals surface area (Å²) in [6, 6.07) is 0. The Morgan fingerprint density at radius 1 is 1.41 bits per heavy atom. The lowest BCUT2D eigenvalue weighted by Crippen LogP contribution is -2.44. The van der Waals surface area contributed by atoms with Gasteiger partial charge in [-0.05, 0) is 46.0 Å². The summed E-state index contributed by atoms with van der Waals surface area (Å²) in [4.78, 5) is 19.1. The molecule has 2 aliphatic rings. The zero-order chi connectivity index (χ0) is 15.5. The highest BCUT2D eigenvalue weighted by Crippen LogP contribution is 2.29. The van der Waals surface area contributed by atoms with Crippen molar-refractivity contribution in [2.24, 2.45) is 0 Å². The topological polar surface area (TPSA) is 47.4 Å². The first kappa shape index (κ1) is 15.5. The zero-order valence-electron chi connectivity index (χ0n) is 13.8. The van der Waals surface area contributed by atoms with Gasteiger partial charge < -0.3 is 14.2 Å². The molecule has 0 spiro atoms. The second kappa shape index (κ2) is 6.82. The van der Waals surface area contributed by atoms with Crippen molar-refractivity contribution < 1.29 is 9.53 Å². The molecule has 3 rings (SSSR count). The van der Waals surface area contributed by atoms with Gasteiger partial charge in [-0.15, -0.1) is 0 Å². The molecule has 1 aromatic heterocycles. The molecule has 5 nitrogen and oxygen atoms in total. The fourth-order valence-corrected chi connectivity index (χ4v) is 3.75. The van der Waals surface area contributed by atoms with Gasteiger partial charge in [0.2, 0.25) is 0 Å². The van der Waals surface area contributed by atoms with E-state index in [0.29, 0.717) is 12.5 Å². The van der Waals surface area contributed by atoms with Crippen LogP contribution in [-0.2, 0) is 22.5 Å². The molecule has 22 heavy (non-hydrogen) atoms. The molecule has 2 atom stereocenters. The summed E-state index contributed by atoms with van der Waals surface area (Å²) < 4.78 is 7.86. The van der Waals surface area contributed by atoms with Crippen LogP contribution in [0.1, 0.15) is 57.0 Å². The van der Waals surface area contributed by atoms with Crippen LogP contribution in [0.25, 0.3) is 0 Å². The third kappa shape index (κ3) is 3.05. The third-order valence-electron chi connectivity index (χ3n) is 4.90. The van der Waals surface area contributed by atoms with Gasteiger partial charge >= 0.3 is 0 Å². The third-order valence-corrected chi connectivity index (χ3v) is 4.90. The minimum atomic E-state index is -0.335. The van der Waals surface area contributed by atoms with Crippen molar-refractivity contribution in [2.45, 2.75) is 64.5 Å². The maximum Gasteiger partial charge on any atom is 0.251 e. The Hall–Kier alpha value is -1.36. The molecule has 1 fully saturated rings. The molecule has 122 valence electrons. The Balaban J connectivity index is 1.70. The van der Waals surface area contributed by atoms with Gasteiger partial charge in [0.1, 0.15) is 11.9 Å². The molecule has 0 aliphatic carbocycles. The van der Waals surface area contributed by atoms with Crippen LogP contribution < -0.4 is 0 Å². The van der Waals surface area contributed by atoms with Crippen LogP contribution in [0, 0.1) is 0 Å². The minimum Gasteiger partial charge on any atom is -0.369 e. The Morgan fingerprint density at radius 2 is 2.27 bits per heavy atom. The van der Waals surface area contributed by atoms with Gasteiger partial charge in [-0.25, -0.2) is 4.98 Å².